The highest BCUT2D eigenvalue weighted by atomic mass is 16.7. The Kier molecular flexibility index (Phi) is 16.2. The molecule has 0 saturated carbocycles. The number of carbonyl (C=O) groups excluding carboxylic acids is 1. The molecule has 2 fully saturated rings. The Hall–Kier alpha value is -0.890. The van der Waals surface area contributed by atoms with Gasteiger partial charge in [0.2, 0.25) is 5.91 Å². The van der Waals surface area contributed by atoms with E-state index in [1.807, 2.05) is 0 Å². The minimum Gasteiger partial charge on any atom is -0.394 e. The second-order valence-electron chi connectivity index (χ2n) is 10.8. The molecule has 0 spiro atoms. The van der Waals surface area contributed by atoms with Crippen LogP contribution < -0.4 is 5.32 Å². The summed E-state index contributed by atoms with van der Waals surface area (Å²) < 4.78 is 10.8. The van der Waals surface area contributed by atoms with Crippen LogP contribution in [0.1, 0.15) is 84.0 Å². The van der Waals surface area contributed by atoms with E-state index in [9.17, 15) is 35.4 Å². The first-order chi connectivity index (χ1) is 18.3. The molecule has 0 radical (unpaired) electrons. The summed E-state index contributed by atoms with van der Waals surface area (Å²) in [4.78, 5) is 15.1. The molecule has 2 heterocycles. The van der Waals surface area contributed by atoms with Gasteiger partial charge in [-0.05, 0) is 51.7 Å². The van der Waals surface area contributed by atoms with Crippen molar-refractivity contribution < 1.29 is 44.9 Å². The van der Waals surface area contributed by atoms with Gasteiger partial charge in [0.15, 0.2) is 6.29 Å². The van der Waals surface area contributed by atoms with E-state index in [2.05, 4.69) is 10.2 Å². The van der Waals surface area contributed by atoms with E-state index in [1.54, 1.807) is 6.92 Å². The third-order valence-corrected chi connectivity index (χ3v) is 7.69. The van der Waals surface area contributed by atoms with Crippen molar-refractivity contribution >= 4 is 5.91 Å². The Morgan fingerprint density at radius 2 is 1.55 bits per heavy atom. The third-order valence-electron chi connectivity index (χ3n) is 7.69. The number of aliphatic hydroxyl groups is 6. The molecule has 0 aromatic rings. The molecule has 7 N–H and O–H groups in total. The number of unbranched alkanes of at least 4 members (excludes halogenated alkanes) is 7. The highest BCUT2D eigenvalue weighted by Crippen LogP contribution is 2.22. The number of likely N-dealkylation sites (tertiary alicyclic amines) is 1. The van der Waals surface area contributed by atoms with Crippen LogP contribution in [-0.2, 0) is 14.3 Å². The Morgan fingerprint density at radius 3 is 2.16 bits per heavy atom. The molecular formula is C27H52N2O9. The number of nitrogens with zero attached hydrogens (tertiary/aromatic N) is 1. The van der Waals surface area contributed by atoms with E-state index in [0.29, 0.717) is 6.42 Å². The lowest BCUT2D eigenvalue weighted by Crippen LogP contribution is -2.60. The van der Waals surface area contributed by atoms with Gasteiger partial charge in [-0.2, -0.15) is 0 Å². The number of carbonyl (C=O) groups is 1. The molecule has 224 valence electrons. The summed E-state index contributed by atoms with van der Waals surface area (Å²) in [5.74, 6) is -0.281. The van der Waals surface area contributed by atoms with E-state index < -0.39 is 55.6 Å². The summed E-state index contributed by atoms with van der Waals surface area (Å²) >= 11 is 0. The van der Waals surface area contributed by atoms with Gasteiger partial charge in [-0.3, -0.25) is 4.79 Å². The average molecular weight is 549 g/mol. The van der Waals surface area contributed by atoms with E-state index in [-0.39, 0.29) is 25.4 Å². The van der Waals surface area contributed by atoms with Crippen LogP contribution in [0, 0.1) is 0 Å². The zero-order valence-electron chi connectivity index (χ0n) is 23.0. The van der Waals surface area contributed by atoms with Crippen LogP contribution in [0.2, 0.25) is 0 Å². The highest BCUT2D eigenvalue weighted by Gasteiger charge is 2.44. The lowest BCUT2D eigenvalue weighted by atomic mass is 9.99. The van der Waals surface area contributed by atoms with Crippen molar-refractivity contribution in [2.75, 3.05) is 32.8 Å². The van der Waals surface area contributed by atoms with Gasteiger partial charge in [-0.1, -0.05) is 45.4 Å². The van der Waals surface area contributed by atoms with Crippen LogP contribution in [0.4, 0.5) is 0 Å². The molecule has 11 nitrogen and oxygen atoms in total. The molecule has 8 atom stereocenters. The molecule has 5 unspecified atom stereocenters. The largest absolute Gasteiger partial charge is 0.394 e. The molecule has 0 aliphatic carbocycles. The fourth-order valence-electron chi connectivity index (χ4n) is 5.11. The van der Waals surface area contributed by atoms with Crippen LogP contribution in [0.5, 0.6) is 0 Å². The second kappa shape index (κ2) is 18.5. The summed E-state index contributed by atoms with van der Waals surface area (Å²) in [6.45, 7) is 4.53. The Bertz CT molecular complexity index is 636. The summed E-state index contributed by atoms with van der Waals surface area (Å²) in [6.07, 6.45) is 2.46. The summed E-state index contributed by atoms with van der Waals surface area (Å²) in [6, 6.07) is -0.981. The topological polar surface area (TPSA) is 172 Å². The number of hydrogen-bond acceptors (Lipinski definition) is 10. The Balaban J connectivity index is 1.66. The predicted octanol–water partition coefficient (Wildman–Crippen LogP) is 0.0262. The van der Waals surface area contributed by atoms with Gasteiger partial charge in [0.1, 0.15) is 30.5 Å². The summed E-state index contributed by atoms with van der Waals surface area (Å²) in [5.41, 5.74) is 0. The quantitative estimate of drug-likeness (QED) is 0.109. The van der Waals surface area contributed by atoms with Crippen molar-refractivity contribution in [1.29, 1.82) is 0 Å². The van der Waals surface area contributed by atoms with E-state index in [0.717, 1.165) is 19.3 Å². The summed E-state index contributed by atoms with van der Waals surface area (Å²) in [5, 5.41) is 62.7. The lowest BCUT2D eigenvalue weighted by Gasteiger charge is -2.40. The fourth-order valence-corrected chi connectivity index (χ4v) is 5.11. The molecule has 0 aromatic carbocycles. The molecule has 1 amide bonds. The maximum Gasteiger partial charge on any atom is 0.220 e. The van der Waals surface area contributed by atoms with E-state index in [1.165, 1.54) is 58.2 Å². The monoisotopic (exact) mass is 548 g/mol. The van der Waals surface area contributed by atoms with Gasteiger partial charge in [0.25, 0.3) is 0 Å². The maximum absolute atomic E-state index is 12.5. The van der Waals surface area contributed by atoms with E-state index >= 15 is 0 Å². The minimum absolute atomic E-state index is 0.256. The first-order valence-corrected chi connectivity index (χ1v) is 14.6. The molecule has 2 aliphatic heterocycles. The van der Waals surface area contributed by atoms with Crippen molar-refractivity contribution in [3.05, 3.63) is 0 Å². The normalized spacial score (nSPS) is 28.8. The molecule has 0 aromatic heterocycles. The smallest absolute Gasteiger partial charge is 0.220 e. The zero-order chi connectivity index (χ0) is 27.9. The third kappa shape index (κ3) is 11.3. The van der Waals surface area contributed by atoms with Crippen LogP contribution in [0.15, 0.2) is 0 Å². The van der Waals surface area contributed by atoms with Crippen molar-refractivity contribution in [3.63, 3.8) is 0 Å². The first kappa shape index (κ1) is 33.3. The molecule has 2 saturated heterocycles. The van der Waals surface area contributed by atoms with Crippen LogP contribution in [-0.4, -0.2) is 123 Å². The summed E-state index contributed by atoms with van der Waals surface area (Å²) in [7, 11) is 0. The average Bonchev–Trinajstić information content (AvgIpc) is 3.44. The van der Waals surface area contributed by atoms with Gasteiger partial charge in [0, 0.05) is 6.42 Å². The lowest BCUT2D eigenvalue weighted by molar-refractivity contribution is -0.303. The standard InChI is InChI=1S/C27H52N2O9/c1-2-20(31)23(33)19(18-37-27-26(36)25(35)24(34)21(17-30)38-27)28-22(32)13-9-7-5-3-4-6-8-10-14-29-15-11-12-16-29/h19-21,23-27,30-31,33-36H,2-18H2,1H3,(H,28,32)/t19-,20+,21?,23-,24?,25?,26?,27?/m0/s1. The molecule has 2 aliphatic rings. The second-order valence-corrected chi connectivity index (χ2v) is 10.8. The molecule has 11 heteroatoms. The Morgan fingerprint density at radius 1 is 0.947 bits per heavy atom. The molecular weight excluding hydrogens is 496 g/mol. The number of ether oxygens (including phenoxy) is 2. The SMILES string of the molecule is CC[C@@H](O)[C@@H](O)[C@H](COC1OC(CO)C(O)C(O)C1O)NC(=O)CCCCCCCCCCN1CCCC1. The number of hydrogen-bond donors (Lipinski definition) is 7. The number of aliphatic hydroxyl groups excluding tert-OH is 6. The van der Waals surface area contributed by atoms with Crippen LogP contribution in [0.25, 0.3) is 0 Å². The number of nitrogens with one attached hydrogen (secondary N) is 1. The van der Waals surface area contributed by atoms with Crippen molar-refractivity contribution in [2.45, 2.75) is 133 Å². The van der Waals surface area contributed by atoms with E-state index in [4.69, 9.17) is 9.47 Å². The van der Waals surface area contributed by atoms with Crippen molar-refractivity contribution in [1.82, 2.24) is 10.2 Å². The predicted molar refractivity (Wildman–Crippen MR) is 141 cm³/mol. The van der Waals surface area contributed by atoms with Crippen molar-refractivity contribution in [3.8, 4) is 0 Å². The van der Waals surface area contributed by atoms with Crippen LogP contribution >= 0.6 is 0 Å². The van der Waals surface area contributed by atoms with Gasteiger partial charge in [-0.25, -0.2) is 0 Å². The highest BCUT2D eigenvalue weighted by molar-refractivity contribution is 5.76. The number of rotatable bonds is 19. The first-order valence-electron chi connectivity index (χ1n) is 14.6. The van der Waals surface area contributed by atoms with Crippen molar-refractivity contribution in [2.24, 2.45) is 0 Å². The van der Waals surface area contributed by atoms with Crippen LogP contribution in [0.3, 0.4) is 0 Å². The fraction of sp³-hybridized carbons (Fsp3) is 0.963. The molecule has 0 bridgehead atoms. The molecule has 38 heavy (non-hydrogen) atoms. The van der Waals surface area contributed by atoms with Gasteiger partial charge >= 0.3 is 0 Å². The minimum atomic E-state index is -1.60. The van der Waals surface area contributed by atoms with Gasteiger partial charge in [-0.15, -0.1) is 0 Å². The number of amides is 1. The maximum atomic E-state index is 12.5. The van der Waals surface area contributed by atoms with Gasteiger partial charge < -0.3 is 50.3 Å². The zero-order valence-corrected chi connectivity index (χ0v) is 23.0. The van der Waals surface area contributed by atoms with Gasteiger partial charge in [0.05, 0.1) is 25.4 Å². The molecule has 2 rings (SSSR count). The Labute approximate surface area is 227 Å².